The average molecular weight is 379 g/mol. The third-order valence-corrected chi connectivity index (χ3v) is 8.63. The lowest BCUT2D eigenvalue weighted by Gasteiger charge is -2.61. The molecule has 6 atom stereocenters. The van der Waals surface area contributed by atoms with Gasteiger partial charge in [-0.25, -0.2) is 4.79 Å². The second-order valence-corrected chi connectivity index (χ2v) is 10.2. The molecule has 0 saturated heterocycles. The minimum Gasteiger partial charge on any atom is -0.466 e. The molecule has 0 aliphatic heterocycles. The van der Waals surface area contributed by atoms with Gasteiger partial charge in [-0.3, -0.25) is 4.79 Å². The Bertz CT molecular complexity index is 571. The number of fused-ring (bicyclic) bond motifs is 3. The molecule has 0 radical (unpaired) electrons. The highest BCUT2D eigenvalue weighted by Crippen LogP contribution is 2.64. The van der Waals surface area contributed by atoms with Gasteiger partial charge in [-0.2, -0.15) is 0 Å². The molecule has 0 N–H and O–H groups in total. The third-order valence-electron chi connectivity index (χ3n) is 8.63. The number of methoxy groups -OCH3 is 1. The Hall–Kier alpha value is -1.06. The molecule has 4 heteroatoms. The molecule has 27 heavy (non-hydrogen) atoms. The standard InChI is InChI=1S/C23H38O4/c1-15(2)16-7-9-18-17(13-16)8-10-19-22(18,3)11-6-12-23(19,4)21(25)27-14-20(24)26-5/h15-19H,6-14H2,1-5H3/t16?,17?,18-,19?,22+,23+/m0/s1. The molecule has 3 fully saturated rings. The summed E-state index contributed by atoms with van der Waals surface area (Å²) in [6, 6.07) is 0. The van der Waals surface area contributed by atoms with E-state index in [0.29, 0.717) is 5.92 Å². The summed E-state index contributed by atoms with van der Waals surface area (Å²) < 4.78 is 10.0. The lowest BCUT2D eigenvalue weighted by atomic mass is 9.43. The van der Waals surface area contributed by atoms with E-state index in [1.807, 2.05) is 0 Å². The van der Waals surface area contributed by atoms with Crippen molar-refractivity contribution in [3.8, 4) is 0 Å². The van der Waals surface area contributed by atoms with Crippen LogP contribution in [0.5, 0.6) is 0 Å². The van der Waals surface area contributed by atoms with E-state index in [2.05, 4.69) is 32.4 Å². The van der Waals surface area contributed by atoms with Gasteiger partial charge in [-0.05, 0) is 86.9 Å². The van der Waals surface area contributed by atoms with Gasteiger partial charge in [-0.15, -0.1) is 0 Å². The van der Waals surface area contributed by atoms with Gasteiger partial charge in [0.2, 0.25) is 0 Å². The Kier molecular flexibility index (Phi) is 5.93. The van der Waals surface area contributed by atoms with E-state index in [4.69, 9.17) is 4.74 Å². The highest BCUT2D eigenvalue weighted by Gasteiger charge is 2.59. The summed E-state index contributed by atoms with van der Waals surface area (Å²) >= 11 is 0. The predicted molar refractivity (Wildman–Crippen MR) is 105 cm³/mol. The molecular formula is C23H38O4. The second-order valence-electron chi connectivity index (χ2n) is 10.2. The van der Waals surface area contributed by atoms with Crippen molar-refractivity contribution in [1.29, 1.82) is 0 Å². The van der Waals surface area contributed by atoms with Crippen LogP contribution in [-0.2, 0) is 19.1 Å². The van der Waals surface area contributed by atoms with Crippen LogP contribution in [0.4, 0.5) is 0 Å². The Balaban J connectivity index is 1.77. The summed E-state index contributed by atoms with van der Waals surface area (Å²) in [5.74, 6) is 2.88. The van der Waals surface area contributed by atoms with Crippen LogP contribution in [0.3, 0.4) is 0 Å². The predicted octanol–water partition coefficient (Wildman–Crippen LogP) is 5.00. The van der Waals surface area contributed by atoms with Crippen molar-refractivity contribution >= 4 is 11.9 Å². The molecule has 0 heterocycles. The zero-order chi connectivity index (χ0) is 19.8. The topological polar surface area (TPSA) is 52.6 Å². The van der Waals surface area contributed by atoms with E-state index in [-0.39, 0.29) is 18.0 Å². The Morgan fingerprint density at radius 2 is 1.81 bits per heavy atom. The van der Waals surface area contributed by atoms with E-state index < -0.39 is 11.4 Å². The smallest absolute Gasteiger partial charge is 0.344 e. The van der Waals surface area contributed by atoms with Gasteiger partial charge >= 0.3 is 11.9 Å². The maximum absolute atomic E-state index is 13.0. The summed E-state index contributed by atoms with van der Waals surface area (Å²) in [5.41, 5.74) is -0.247. The number of ether oxygens (including phenoxy) is 2. The minimum atomic E-state index is -0.485. The van der Waals surface area contributed by atoms with Crippen LogP contribution >= 0.6 is 0 Å². The van der Waals surface area contributed by atoms with Crippen LogP contribution in [-0.4, -0.2) is 25.7 Å². The molecule has 0 aromatic heterocycles. The van der Waals surface area contributed by atoms with E-state index in [9.17, 15) is 9.59 Å². The molecular weight excluding hydrogens is 340 g/mol. The molecule has 4 nitrogen and oxygen atoms in total. The van der Waals surface area contributed by atoms with Crippen molar-refractivity contribution in [2.24, 2.45) is 40.4 Å². The molecule has 3 saturated carbocycles. The summed E-state index contributed by atoms with van der Waals surface area (Å²) in [6.07, 6.45) is 9.56. The molecule has 3 aliphatic carbocycles. The summed E-state index contributed by atoms with van der Waals surface area (Å²) in [4.78, 5) is 24.4. The maximum atomic E-state index is 13.0. The van der Waals surface area contributed by atoms with Crippen LogP contribution < -0.4 is 0 Å². The van der Waals surface area contributed by atoms with E-state index in [0.717, 1.165) is 42.9 Å². The normalized spacial score (nSPS) is 41.4. The molecule has 0 amide bonds. The fourth-order valence-electron chi connectivity index (χ4n) is 7.07. The minimum absolute atomic E-state index is 0.196. The molecule has 0 aromatic carbocycles. The van der Waals surface area contributed by atoms with Crippen molar-refractivity contribution in [1.82, 2.24) is 0 Å². The lowest BCUT2D eigenvalue weighted by Crippen LogP contribution is -2.56. The Morgan fingerprint density at radius 3 is 2.48 bits per heavy atom. The van der Waals surface area contributed by atoms with E-state index in [1.54, 1.807) is 0 Å². The number of hydrogen-bond acceptors (Lipinski definition) is 4. The Labute approximate surface area is 164 Å². The molecule has 3 rings (SSSR count). The van der Waals surface area contributed by atoms with Crippen LogP contribution in [0.1, 0.15) is 79.1 Å². The quantitative estimate of drug-likeness (QED) is 0.646. The van der Waals surface area contributed by atoms with Crippen LogP contribution in [0, 0.1) is 40.4 Å². The molecule has 0 aromatic rings. The first kappa shape index (κ1) is 20.7. The van der Waals surface area contributed by atoms with E-state index >= 15 is 0 Å². The lowest BCUT2D eigenvalue weighted by molar-refractivity contribution is -0.182. The maximum Gasteiger partial charge on any atom is 0.344 e. The van der Waals surface area contributed by atoms with Crippen molar-refractivity contribution in [2.45, 2.75) is 79.1 Å². The van der Waals surface area contributed by atoms with Gasteiger partial charge in [0.25, 0.3) is 0 Å². The zero-order valence-electron chi connectivity index (χ0n) is 17.9. The number of hydrogen-bond donors (Lipinski definition) is 0. The summed E-state index contributed by atoms with van der Waals surface area (Å²) in [7, 11) is 1.32. The SMILES string of the molecule is COC(=O)COC(=O)[C@]1(C)CCC[C@@]2(C)C1CCC1CC(C(C)C)CC[C@@H]12. The third kappa shape index (κ3) is 3.65. The number of carbonyl (C=O) groups is 2. The molecule has 3 aliphatic rings. The molecule has 3 unspecified atom stereocenters. The van der Waals surface area contributed by atoms with Crippen molar-refractivity contribution in [2.75, 3.05) is 13.7 Å². The zero-order valence-corrected chi connectivity index (χ0v) is 17.9. The highest BCUT2D eigenvalue weighted by atomic mass is 16.6. The van der Waals surface area contributed by atoms with Gasteiger partial charge in [0.1, 0.15) is 0 Å². The number of carbonyl (C=O) groups excluding carboxylic acids is 2. The Morgan fingerprint density at radius 1 is 1.07 bits per heavy atom. The fourth-order valence-corrected chi connectivity index (χ4v) is 7.07. The number of esters is 2. The highest BCUT2D eigenvalue weighted by molar-refractivity contribution is 5.80. The van der Waals surface area contributed by atoms with Gasteiger partial charge in [0, 0.05) is 0 Å². The van der Waals surface area contributed by atoms with Crippen molar-refractivity contribution < 1.29 is 19.1 Å². The first-order chi connectivity index (χ1) is 12.7. The van der Waals surface area contributed by atoms with Gasteiger partial charge in [0.15, 0.2) is 6.61 Å². The van der Waals surface area contributed by atoms with Crippen LogP contribution in [0.2, 0.25) is 0 Å². The second kappa shape index (κ2) is 7.75. The largest absolute Gasteiger partial charge is 0.466 e. The van der Waals surface area contributed by atoms with E-state index in [1.165, 1.54) is 39.2 Å². The molecule has 0 spiro atoms. The van der Waals surface area contributed by atoms with Crippen LogP contribution in [0.25, 0.3) is 0 Å². The first-order valence-electron chi connectivity index (χ1n) is 11.0. The summed E-state index contributed by atoms with van der Waals surface area (Å²) in [5, 5.41) is 0. The monoisotopic (exact) mass is 378 g/mol. The van der Waals surface area contributed by atoms with Crippen molar-refractivity contribution in [3.05, 3.63) is 0 Å². The first-order valence-corrected chi connectivity index (χ1v) is 11.0. The van der Waals surface area contributed by atoms with Crippen LogP contribution in [0.15, 0.2) is 0 Å². The summed E-state index contributed by atoms with van der Waals surface area (Å²) in [6.45, 7) is 9.01. The fraction of sp³-hybridized carbons (Fsp3) is 0.913. The number of rotatable bonds is 4. The molecule has 0 bridgehead atoms. The van der Waals surface area contributed by atoms with Gasteiger partial charge in [0.05, 0.1) is 12.5 Å². The van der Waals surface area contributed by atoms with Crippen molar-refractivity contribution in [3.63, 3.8) is 0 Å². The average Bonchev–Trinajstić information content (AvgIpc) is 2.65. The van der Waals surface area contributed by atoms with Gasteiger partial charge < -0.3 is 9.47 Å². The molecule has 154 valence electrons. The van der Waals surface area contributed by atoms with Gasteiger partial charge in [-0.1, -0.05) is 27.2 Å².